The number of phenols is 2. The van der Waals surface area contributed by atoms with Crippen LogP contribution in [-0.2, 0) is 0 Å². The average Bonchev–Trinajstić information content (AvgIpc) is 3.10. The van der Waals surface area contributed by atoms with Crippen molar-refractivity contribution in [2.75, 3.05) is 53.8 Å². The number of fused-ring (bicyclic) bond motifs is 1. The number of aromatic hydroxyl groups is 2. The van der Waals surface area contributed by atoms with Crippen molar-refractivity contribution in [3.63, 3.8) is 0 Å². The van der Waals surface area contributed by atoms with Crippen LogP contribution in [0.15, 0.2) is 27.8 Å². The first kappa shape index (κ1) is 29.1. The van der Waals surface area contributed by atoms with E-state index in [0.717, 1.165) is 13.0 Å². The summed E-state index contributed by atoms with van der Waals surface area (Å²) in [4.78, 5) is 29.5. The van der Waals surface area contributed by atoms with Crippen LogP contribution in [0.2, 0.25) is 0 Å². The van der Waals surface area contributed by atoms with Gasteiger partial charge in [-0.15, -0.1) is 0 Å². The van der Waals surface area contributed by atoms with Crippen molar-refractivity contribution in [3.8, 4) is 28.7 Å². The number of anilines is 1. The van der Waals surface area contributed by atoms with Crippen LogP contribution >= 0.6 is 0 Å². The molecule has 0 unspecified atom stereocenters. The van der Waals surface area contributed by atoms with Crippen LogP contribution in [0.5, 0.6) is 28.7 Å². The number of aryl methyl sites for hydroxylation is 1. The fourth-order valence-electron chi connectivity index (χ4n) is 6.87. The van der Waals surface area contributed by atoms with Crippen molar-refractivity contribution in [1.82, 2.24) is 4.90 Å². The number of hydrogen-bond acceptors (Lipinski definition) is 10. The second-order valence-corrected chi connectivity index (χ2v) is 11.4. The molecule has 44 heavy (non-hydrogen) atoms. The Hall–Kier alpha value is -4.96. The quantitative estimate of drug-likeness (QED) is 0.0854. The van der Waals surface area contributed by atoms with Gasteiger partial charge in [0.05, 0.1) is 43.5 Å². The van der Waals surface area contributed by atoms with Gasteiger partial charge >= 0.3 is 0 Å². The molecule has 4 N–H and O–H groups in total. The van der Waals surface area contributed by atoms with Crippen molar-refractivity contribution in [3.05, 3.63) is 49.4 Å². The number of rotatable bonds is 8. The molecule has 0 saturated carbocycles. The molecule has 10 heteroatoms. The molecule has 0 aliphatic heterocycles. The second kappa shape index (κ2) is 10.3. The Morgan fingerprint density at radius 3 is 1.84 bits per heavy atom. The SMILES string of the molecule is COc1c(O)c2c(=O)cc(OC)c3c4c(OC)cc(=O)c5c(O)c(NCCCN(C)C)c6cc(C)c(=C(C)O)c1c(c23)c6c54. The monoisotopic (exact) mass is 598 g/mol. The molecule has 0 aliphatic carbocycles. The Morgan fingerprint density at radius 1 is 0.773 bits per heavy atom. The summed E-state index contributed by atoms with van der Waals surface area (Å²) in [6, 6.07) is 4.42. The van der Waals surface area contributed by atoms with E-state index < -0.39 is 10.9 Å². The molecule has 6 aromatic carbocycles. The van der Waals surface area contributed by atoms with E-state index in [1.165, 1.54) is 40.4 Å². The third-order valence-corrected chi connectivity index (χ3v) is 8.55. The number of nitrogens with zero attached hydrogens (tertiary/aromatic N) is 1. The summed E-state index contributed by atoms with van der Waals surface area (Å²) < 4.78 is 17.3. The minimum absolute atomic E-state index is 0.000118. The largest absolute Gasteiger partial charge is 0.512 e. The summed E-state index contributed by atoms with van der Waals surface area (Å²) in [5.74, 6) is -0.235. The first-order valence-electron chi connectivity index (χ1n) is 14.2. The summed E-state index contributed by atoms with van der Waals surface area (Å²) in [7, 11) is 8.20. The topological polar surface area (TPSA) is 138 Å². The maximum Gasteiger partial charge on any atom is 0.194 e. The number of aliphatic hydroxyl groups is 1. The number of methoxy groups -OCH3 is 3. The Labute approximate surface area is 251 Å². The first-order valence-corrected chi connectivity index (χ1v) is 14.2. The van der Waals surface area contributed by atoms with Crippen LogP contribution in [-0.4, -0.2) is 68.7 Å². The van der Waals surface area contributed by atoms with Crippen molar-refractivity contribution >= 4 is 65.3 Å². The highest BCUT2D eigenvalue weighted by molar-refractivity contribution is 6.44. The summed E-state index contributed by atoms with van der Waals surface area (Å²) in [5, 5.41) is 42.0. The second-order valence-electron chi connectivity index (χ2n) is 11.4. The number of nitrogens with one attached hydrogen (secondary N) is 1. The number of phenolic OH excluding ortho intramolecular Hbond substituents is 2. The predicted octanol–water partition coefficient (Wildman–Crippen LogP) is 4.56. The lowest BCUT2D eigenvalue weighted by Gasteiger charge is -2.23. The highest BCUT2D eigenvalue weighted by atomic mass is 16.5. The van der Waals surface area contributed by atoms with Crippen LogP contribution in [0.1, 0.15) is 18.9 Å². The fraction of sp³-hybridized carbons (Fsp3) is 0.294. The smallest absolute Gasteiger partial charge is 0.194 e. The van der Waals surface area contributed by atoms with Crippen molar-refractivity contribution in [2.24, 2.45) is 0 Å². The molecule has 6 rings (SSSR count). The molecule has 0 spiro atoms. The third-order valence-electron chi connectivity index (χ3n) is 8.55. The van der Waals surface area contributed by atoms with Gasteiger partial charge < -0.3 is 39.7 Å². The lowest BCUT2D eigenvalue weighted by atomic mass is 9.85. The molecule has 0 atom stereocenters. The van der Waals surface area contributed by atoms with Gasteiger partial charge in [0, 0.05) is 67.0 Å². The third kappa shape index (κ3) is 3.83. The van der Waals surface area contributed by atoms with Crippen LogP contribution in [0, 0.1) is 6.92 Å². The predicted molar refractivity (Wildman–Crippen MR) is 175 cm³/mol. The molecule has 0 heterocycles. The van der Waals surface area contributed by atoms with Crippen LogP contribution in [0.3, 0.4) is 0 Å². The summed E-state index contributed by atoms with van der Waals surface area (Å²) in [5.41, 5.74) is -0.00309. The van der Waals surface area contributed by atoms with Gasteiger partial charge in [-0.3, -0.25) is 9.59 Å². The summed E-state index contributed by atoms with van der Waals surface area (Å²) in [6.45, 7) is 4.62. The summed E-state index contributed by atoms with van der Waals surface area (Å²) >= 11 is 0. The van der Waals surface area contributed by atoms with Gasteiger partial charge in [-0.25, -0.2) is 0 Å². The molecule has 0 bridgehead atoms. The number of ether oxygens (including phenoxy) is 3. The minimum Gasteiger partial charge on any atom is -0.512 e. The zero-order chi connectivity index (χ0) is 31.8. The molecule has 0 saturated heterocycles. The van der Waals surface area contributed by atoms with E-state index >= 15 is 0 Å². The standard InChI is InChI=1S/C34H34N2O8/c1-14-11-16-22-27-23(32(40)31(16)35-9-8-10-36(3)4)17(38)12-19(42-5)25(27)26-20(43-6)13-18(39)24-29(26)28(22)30(21(14)15(2)37)34(44-7)33(24)41/h11-13,35,37,40-41H,8-10H2,1-7H3. The van der Waals surface area contributed by atoms with E-state index in [1.54, 1.807) is 6.92 Å². The van der Waals surface area contributed by atoms with Crippen LogP contribution < -0.4 is 35.6 Å². The van der Waals surface area contributed by atoms with Crippen LogP contribution in [0.4, 0.5) is 5.69 Å². The number of benzene rings is 5. The lowest BCUT2D eigenvalue weighted by molar-refractivity contribution is 0.380. The Balaban J connectivity index is 2.09. The molecule has 10 nitrogen and oxygen atoms in total. The normalized spacial score (nSPS) is 12.8. The maximum absolute atomic E-state index is 13.8. The highest BCUT2D eigenvalue weighted by Gasteiger charge is 2.31. The Kier molecular flexibility index (Phi) is 6.85. The molecule has 0 aliphatic rings. The minimum atomic E-state index is -0.499. The summed E-state index contributed by atoms with van der Waals surface area (Å²) in [6.07, 6.45) is 0.753. The molecule has 0 amide bonds. The van der Waals surface area contributed by atoms with E-state index in [-0.39, 0.29) is 45.3 Å². The van der Waals surface area contributed by atoms with E-state index in [4.69, 9.17) is 14.2 Å². The molecule has 0 aromatic heterocycles. The molecule has 0 radical (unpaired) electrons. The van der Waals surface area contributed by atoms with E-state index in [1.807, 2.05) is 20.2 Å². The number of aliphatic hydroxyl groups excluding tert-OH is 1. The zero-order valence-corrected chi connectivity index (χ0v) is 25.7. The van der Waals surface area contributed by atoms with Crippen LogP contribution in [0.25, 0.3) is 59.6 Å². The molecule has 0 fully saturated rings. The van der Waals surface area contributed by atoms with Gasteiger partial charge in [0.2, 0.25) is 0 Å². The van der Waals surface area contributed by atoms with Gasteiger partial charge in [-0.05, 0) is 52.5 Å². The molecular formula is C34H34N2O8. The van der Waals surface area contributed by atoms with Gasteiger partial charge in [0.1, 0.15) is 11.5 Å². The van der Waals surface area contributed by atoms with Crippen molar-refractivity contribution in [1.29, 1.82) is 0 Å². The average molecular weight is 599 g/mol. The maximum atomic E-state index is 13.8. The lowest BCUT2D eigenvalue weighted by Crippen LogP contribution is -2.16. The molecule has 228 valence electrons. The Morgan fingerprint density at radius 2 is 1.32 bits per heavy atom. The van der Waals surface area contributed by atoms with Crippen molar-refractivity contribution in [2.45, 2.75) is 20.3 Å². The molecular weight excluding hydrogens is 564 g/mol. The van der Waals surface area contributed by atoms with E-state index in [2.05, 4.69) is 10.2 Å². The van der Waals surface area contributed by atoms with Crippen molar-refractivity contribution < 1.29 is 29.5 Å². The van der Waals surface area contributed by atoms with Gasteiger partial charge in [0.15, 0.2) is 28.1 Å². The first-order chi connectivity index (χ1) is 21.0. The number of hydrogen-bond donors (Lipinski definition) is 4. The van der Waals surface area contributed by atoms with Gasteiger partial charge in [0.25, 0.3) is 0 Å². The fourth-order valence-corrected chi connectivity index (χ4v) is 6.87. The Bertz CT molecular complexity index is 2310. The van der Waals surface area contributed by atoms with Gasteiger partial charge in [-0.2, -0.15) is 0 Å². The zero-order valence-electron chi connectivity index (χ0n) is 25.7. The van der Waals surface area contributed by atoms with Gasteiger partial charge in [-0.1, -0.05) is 0 Å². The highest BCUT2D eigenvalue weighted by Crippen LogP contribution is 2.55. The van der Waals surface area contributed by atoms with E-state index in [0.29, 0.717) is 66.1 Å². The molecule has 6 aromatic rings. The van der Waals surface area contributed by atoms with E-state index in [9.17, 15) is 24.9 Å².